The lowest BCUT2D eigenvalue weighted by Gasteiger charge is -2.10. The predicted octanol–water partition coefficient (Wildman–Crippen LogP) is 3.90. The van der Waals surface area contributed by atoms with Crippen molar-refractivity contribution in [3.8, 4) is 0 Å². The van der Waals surface area contributed by atoms with Crippen molar-refractivity contribution >= 4 is 27.3 Å². The van der Waals surface area contributed by atoms with Gasteiger partial charge in [0.05, 0.1) is 10.6 Å². The van der Waals surface area contributed by atoms with Crippen LogP contribution in [0.1, 0.15) is 11.1 Å². The van der Waals surface area contributed by atoms with Gasteiger partial charge >= 0.3 is 0 Å². The van der Waals surface area contributed by atoms with Gasteiger partial charge in [0.25, 0.3) is 10.0 Å². The number of hydrogen-bond donors (Lipinski definition) is 1. The minimum Gasteiger partial charge on any atom is -0.277 e. The Bertz CT molecular complexity index is 743. The van der Waals surface area contributed by atoms with Crippen molar-refractivity contribution in [1.29, 1.82) is 0 Å². The van der Waals surface area contributed by atoms with Gasteiger partial charge in [0, 0.05) is 5.02 Å². The second kappa shape index (κ2) is 5.42. The number of halogens is 2. The molecule has 0 aliphatic heterocycles. The molecule has 0 saturated heterocycles. The van der Waals surface area contributed by atoms with E-state index in [1.165, 1.54) is 24.3 Å². The van der Waals surface area contributed by atoms with Crippen molar-refractivity contribution in [2.75, 3.05) is 4.72 Å². The maximum absolute atomic E-state index is 13.8. The van der Waals surface area contributed by atoms with Gasteiger partial charge in [-0.15, -0.1) is 0 Å². The zero-order chi connectivity index (χ0) is 14.9. The summed E-state index contributed by atoms with van der Waals surface area (Å²) in [5.74, 6) is -0.664. The Hall–Kier alpha value is -1.59. The van der Waals surface area contributed by atoms with E-state index in [0.29, 0.717) is 10.6 Å². The van der Waals surface area contributed by atoms with Crippen molar-refractivity contribution in [3.05, 3.63) is 58.4 Å². The number of sulfonamides is 1. The molecule has 20 heavy (non-hydrogen) atoms. The molecule has 0 atom stereocenters. The first-order valence-electron chi connectivity index (χ1n) is 5.85. The summed E-state index contributed by atoms with van der Waals surface area (Å²) in [6.07, 6.45) is 0. The van der Waals surface area contributed by atoms with E-state index >= 15 is 0 Å². The average molecular weight is 314 g/mol. The number of aryl methyl sites for hydroxylation is 2. The third-order valence-corrected chi connectivity index (χ3v) is 4.61. The zero-order valence-corrected chi connectivity index (χ0v) is 12.5. The summed E-state index contributed by atoms with van der Waals surface area (Å²) in [5, 5.41) is 0.299. The quantitative estimate of drug-likeness (QED) is 0.934. The molecule has 0 amide bonds. The molecule has 0 unspecified atom stereocenters. The molecule has 2 aromatic carbocycles. The van der Waals surface area contributed by atoms with Gasteiger partial charge in [-0.05, 0) is 43.7 Å². The highest BCUT2D eigenvalue weighted by Gasteiger charge is 2.17. The van der Waals surface area contributed by atoms with Crippen LogP contribution >= 0.6 is 11.6 Å². The Morgan fingerprint density at radius 2 is 1.70 bits per heavy atom. The fourth-order valence-electron chi connectivity index (χ4n) is 1.65. The van der Waals surface area contributed by atoms with Gasteiger partial charge in [-0.2, -0.15) is 0 Å². The third-order valence-electron chi connectivity index (χ3n) is 2.82. The largest absolute Gasteiger partial charge is 0.277 e. The highest BCUT2D eigenvalue weighted by Crippen LogP contribution is 2.26. The van der Waals surface area contributed by atoms with Crippen molar-refractivity contribution in [2.45, 2.75) is 18.7 Å². The Kier molecular flexibility index (Phi) is 4.01. The Balaban J connectivity index is 2.38. The van der Waals surface area contributed by atoms with Gasteiger partial charge in [0.15, 0.2) is 0 Å². The van der Waals surface area contributed by atoms with Crippen molar-refractivity contribution in [3.63, 3.8) is 0 Å². The maximum Gasteiger partial charge on any atom is 0.261 e. The Morgan fingerprint density at radius 3 is 2.30 bits per heavy atom. The molecule has 6 heteroatoms. The van der Waals surface area contributed by atoms with Crippen molar-refractivity contribution < 1.29 is 12.8 Å². The zero-order valence-electron chi connectivity index (χ0n) is 10.9. The molecule has 0 heterocycles. The lowest BCUT2D eigenvalue weighted by atomic mass is 10.2. The van der Waals surface area contributed by atoms with Crippen LogP contribution < -0.4 is 4.72 Å². The molecule has 0 aromatic heterocycles. The average Bonchev–Trinajstić information content (AvgIpc) is 2.36. The second-order valence-corrected chi connectivity index (χ2v) is 6.59. The van der Waals surface area contributed by atoms with Gasteiger partial charge in [-0.1, -0.05) is 29.3 Å². The normalized spacial score (nSPS) is 11.4. The third kappa shape index (κ3) is 3.11. The molecule has 106 valence electrons. The number of nitrogens with one attached hydrogen (secondary N) is 1. The van der Waals surface area contributed by atoms with E-state index in [2.05, 4.69) is 4.72 Å². The van der Waals surface area contributed by atoms with E-state index in [4.69, 9.17) is 11.6 Å². The molecule has 0 fully saturated rings. The van der Waals surface area contributed by atoms with Gasteiger partial charge in [-0.25, -0.2) is 12.8 Å². The molecule has 0 aliphatic rings. The topological polar surface area (TPSA) is 46.2 Å². The molecule has 0 bridgehead atoms. The molecule has 3 nitrogen and oxygen atoms in total. The first-order chi connectivity index (χ1) is 9.29. The number of anilines is 1. The highest BCUT2D eigenvalue weighted by atomic mass is 35.5. The predicted molar refractivity (Wildman–Crippen MR) is 78.1 cm³/mol. The van der Waals surface area contributed by atoms with Gasteiger partial charge in [0.2, 0.25) is 0 Å². The molecule has 0 aliphatic carbocycles. The maximum atomic E-state index is 13.8. The molecule has 2 aromatic rings. The molecule has 2 rings (SSSR count). The first-order valence-corrected chi connectivity index (χ1v) is 7.71. The summed E-state index contributed by atoms with van der Waals surface area (Å²) in [6.45, 7) is 3.49. The van der Waals surface area contributed by atoms with E-state index in [1.807, 2.05) is 6.92 Å². The number of hydrogen-bond acceptors (Lipinski definition) is 2. The van der Waals surface area contributed by atoms with Crippen LogP contribution in [0.15, 0.2) is 41.3 Å². The first kappa shape index (κ1) is 14.8. The van der Waals surface area contributed by atoms with Gasteiger partial charge in [-0.3, -0.25) is 4.72 Å². The number of benzene rings is 2. The highest BCUT2D eigenvalue weighted by molar-refractivity contribution is 7.92. The lowest BCUT2D eigenvalue weighted by Crippen LogP contribution is -2.14. The smallest absolute Gasteiger partial charge is 0.261 e. The summed E-state index contributed by atoms with van der Waals surface area (Å²) >= 11 is 5.88. The SMILES string of the molecule is Cc1ccc(S(=O)(=O)Nc2cc(Cl)c(C)cc2F)cc1. The summed E-state index contributed by atoms with van der Waals surface area (Å²) in [5.41, 5.74) is 1.32. The molecule has 0 radical (unpaired) electrons. The summed E-state index contributed by atoms with van der Waals surface area (Å²) in [7, 11) is -3.83. The minimum atomic E-state index is -3.83. The van der Waals surface area contributed by atoms with E-state index in [1.54, 1.807) is 19.1 Å². The summed E-state index contributed by atoms with van der Waals surface area (Å²) in [4.78, 5) is 0.0687. The Morgan fingerprint density at radius 1 is 1.10 bits per heavy atom. The minimum absolute atomic E-state index is 0.0687. The van der Waals surface area contributed by atoms with Crippen LogP contribution in [0.25, 0.3) is 0 Å². The summed E-state index contributed by atoms with van der Waals surface area (Å²) in [6, 6.07) is 8.73. The molecular weight excluding hydrogens is 301 g/mol. The monoisotopic (exact) mass is 313 g/mol. The van der Waals surface area contributed by atoms with E-state index in [9.17, 15) is 12.8 Å². The molecule has 0 saturated carbocycles. The van der Waals surface area contributed by atoms with E-state index < -0.39 is 15.8 Å². The van der Waals surface area contributed by atoms with Crippen LogP contribution in [0, 0.1) is 19.7 Å². The molecular formula is C14H13ClFNO2S. The van der Waals surface area contributed by atoms with E-state index in [-0.39, 0.29) is 10.6 Å². The van der Waals surface area contributed by atoms with Crippen LogP contribution in [0.2, 0.25) is 5.02 Å². The standard InChI is InChI=1S/C14H13ClFNO2S/c1-9-3-5-11(6-4-9)20(18,19)17-14-8-12(15)10(2)7-13(14)16/h3-8,17H,1-2H3. The lowest BCUT2D eigenvalue weighted by molar-refractivity contribution is 0.598. The fourth-order valence-corrected chi connectivity index (χ4v) is 2.87. The van der Waals surface area contributed by atoms with Crippen LogP contribution in [0.3, 0.4) is 0 Å². The van der Waals surface area contributed by atoms with Crippen LogP contribution in [0.5, 0.6) is 0 Å². The van der Waals surface area contributed by atoms with Crippen molar-refractivity contribution in [1.82, 2.24) is 0 Å². The van der Waals surface area contributed by atoms with Crippen molar-refractivity contribution in [2.24, 2.45) is 0 Å². The van der Waals surface area contributed by atoms with Gasteiger partial charge < -0.3 is 0 Å². The molecule has 1 N–H and O–H groups in total. The second-order valence-electron chi connectivity index (χ2n) is 4.50. The van der Waals surface area contributed by atoms with E-state index in [0.717, 1.165) is 5.56 Å². The fraction of sp³-hybridized carbons (Fsp3) is 0.143. The summed E-state index contributed by atoms with van der Waals surface area (Å²) < 4.78 is 40.2. The Labute approximate surface area is 122 Å². The number of rotatable bonds is 3. The molecule has 0 spiro atoms. The van der Waals surface area contributed by atoms with Crippen LogP contribution in [-0.2, 0) is 10.0 Å². The van der Waals surface area contributed by atoms with Crippen LogP contribution in [0.4, 0.5) is 10.1 Å². The van der Waals surface area contributed by atoms with Gasteiger partial charge in [0.1, 0.15) is 5.82 Å². The van der Waals surface area contributed by atoms with Crippen LogP contribution in [-0.4, -0.2) is 8.42 Å².